The lowest BCUT2D eigenvalue weighted by Gasteiger charge is -2.32. The van der Waals surface area contributed by atoms with Gasteiger partial charge < -0.3 is 4.74 Å². The maximum Gasteiger partial charge on any atom is 0.110 e. The average Bonchev–Trinajstić information content (AvgIpc) is 2.74. The lowest BCUT2D eigenvalue weighted by Crippen LogP contribution is -2.22. The summed E-state index contributed by atoms with van der Waals surface area (Å²) in [6.07, 6.45) is 9.00. The predicted octanol–water partition coefficient (Wildman–Crippen LogP) is 5.52. The molecule has 100 valence electrons. The van der Waals surface area contributed by atoms with Crippen molar-refractivity contribution in [2.24, 2.45) is 5.41 Å². The molecule has 0 spiro atoms. The van der Waals surface area contributed by atoms with Gasteiger partial charge in [0.2, 0.25) is 0 Å². The van der Waals surface area contributed by atoms with E-state index in [0.29, 0.717) is 0 Å². The van der Waals surface area contributed by atoms with Crippen molar-refractivity contribution in [1.82, 2.24) is 0 Å². The van der Waals surface area contributed by atoms with E-state index in [0.717, 1.165) is 24.4 Å². The molecule has 1 aliphatic carbocycles. The third-order valence-corrected chi connectivity index (χ3v) is 3.55. The third kappa shape index (κ3) is 3.16. The van der Waals surface area contributed by atoms with Gasteiger partial charge in [-0.25, -0.2) is 0 Å². The topological polar surface area (TPSA) is 9.23 Å². The zero-order chi connectivity index (χ0) is 13.8. The fraction of sp³-hybridized carbons (Fsp3) is 0.529. The summed E-state index contributed by atoms with van der Waals surface area (Å²) in [5, 5.41) is 0. The summed E-state index contributed by atoms with van der Waals surface area (Å²) in [6.45, 7) is 16.3. The molecular weight excluding hydrogens is 220 g/mol. The molecular formula is C17H26O. The van der Waals surface area contributed by atoms with Crippen LogP contribution in [0.2, 0.25) is 0 Å². The van der Waals surface area contributed by atoms with Gasteiger partial charge in [-0.3, -0.25) is 0 Å². The molecule has 1 saturated carbocycles. The minimum atomic E-state index is -0.00896. The number of ether oxygens (including phenoxy) is 1. The smallest absolute Gasteiger partial charge is 0.110 e. The summed E-state index contributed by atoms with van der Waals surface area (Å²) < 4.78 is 5.87. The van der Waals surface area contributed by atoms with Crippen LogP contribution in [0.5, 0.6) is 0 Å². The Hall–Kier alpha value is -1.24. The molecule has 0 aromatic rings. The largest absolute Gasteiger partial charge is 0.466 e. The summed E-state index contributed by atoms with van der Waals surface area (Å²) in [7, 11) is 0. The minimum absolute atomic E-state index is 0.00896. The Labute approximate surface area is 112 Å². The molecule has 0 atom stereocenters. The van der Waals surface area contributed by atoms with Gasteiger partial charge in [-0.05, 0) is 52.2 Å². The quantitative estimate of drug-likeness (QED) is 0.458. The van der Waals surface area contributed by atoms with E-state index >= 15 is 0 Å². The second-order valence-electron chi connectivity index (χ2n) is 5.49. The first kappa shape index (κ1) is 14.8. The molecule has 0 aromatic heterocycles. The fourth-order valence-corrected chi connectivity index (χ4v) is 2.81. The van der Waals surface area contributed by atoms with E-state index < -0.39 is 0 Å². The van der Waals surface area contributed by atoms with Crippen molar-refractivity contribution in [3.05, 3.63) is 48.0 Å². The average molecular weight is 246 g/mol. The second kappa shape index (κ2) is 6.08. The van der Waals surface area contributed by atoms with Gasteiger partial charge in [0.05, 0.1) is 11.2 Å². The number of hydrogen-bond acceptors (Lipinski definition) is 1. The number of hydrogen-bond donors (Lipinski definition) is 0. The summed E-state index contributed by atoms with van der Waals surface area (Å²) in [5.41, 5.74) is 2.46. The minimum Gasteiger partial charge on any atom is -0.466 e. The molecule has 0 aromatic carbocycles. The van der Waals surface area contributed by atoms with Gasteiger partial charge >= 0.3 is 0 Å². The molecule has 18 heavy (non-hydrogen) atoms. The van der Waals surface area contributed by atoms with E-state index in [9.17, 15) is 0 Å². The van der Waals surface area contributed by atoms with E-state index in [1.807, 2.05) is 13.8 Å². The molecule has 1 rings (SSSR count). The van der Waals surface area contributed by atoms with Gasteiger partial charge in [0.1, 0.15) is 5.76 Å². The van der Waals surface area contributed by atoms with Gasteiger partial charge in [-0.15, -0.1) is 0 Å². The molecule has 0 N–H and O–H groups in total. The normalized spacial score (nSPS) is 18.3. The van der Waals surface area contributed by atoms with Crippen molar-refractivity contribution in [3.8, 4) is 0 Å². The Morgan fingerprint density at radius 2 is 1.67 bits per heavy atom. The van der Waals surface area contributed by atoms with Crippen LogP contribution in [0.3, 0.4) is 0 Å². The molecule has 0 amide bonds. The van der Waals surface area contributed by atoms with Crippen LogP contribution in [0.1, 0.15) is 53.4 Å². The SMILES string of the molecule is C=C(C)OC(=CC)C1(C(=C)C=C(C)C)CCCC1. The molecule has 1 nitrogen and oxygen atoms in total. The second-order valence-corrected chi connectivity index (χ2v) is 5.49. The molecule has 0 saturated heterocycles. The van der Waals surface area contributed by atoms with Crippen LogP contribution in [0, 0.1) is 5.41 Å². The molecule has 0 heterocycles. The highest BCUT2D eigenvalue weighted by atomic mass is 16.5. The van der Waals surface area contributed by atoms with Gasteiger partial charge in [0.25, 0.3) is 0 Å². The first-order chi connectivity index (χ1) is 8.42. The Morgan fingerprint density at radius 1 is 1.11 bits per heavy atom. The first-order valence-corrected chi connectivity index (χ1v) is 6.77. The van der Waals surface area contributed by atoms with E-state index in [1.165, 1.54) is 24.0 Å². The standard InChI is InChI=1S/C17H26O/c1-7-16(18-14(4)5)17(10-8-9-11-17)15(6)12-13(2)3/h7,12H,4,6,8-11H2,1-3,5H3. The maximum atomic E-state index is 5.87. The van der Waals surface area contributed by atoms with Gasteiger partial charge in [0.15, 0.2) is 0 Å². The Kier molecular flexibility index (Phi) is 5.01. The molecule has 0 radical (unpaired) electrons. The van der Waals surface area contributed by atoms with Crippen molar-refractivity contribution in [2.75, 3.05) is 0 Å². The van der Waals surface area contributed by atoms with Crippen molar-refractivity contribution < 1.29 is 4.74 Å². The summed E-state index contributed by atoms with van der Waals surface area (Å²) in [5.74, 6) is 1.77. The van der Waals surface area contributed by atoms with Crippen LogP contribution in [-0.2, 0) is 4.74 Å². The van der Waals surface area contributed by atoms with Crippen molar-refractivity contribution in [3.63, 3.8) is 0 Å². The monoisotopic (exact) mass is 246 g/mol. The summed E-state index contributed by atoms with van der Waals surface area (Å²) in [4.78, 5) is 0. The molecule has 1 fully saturated rings. The van der Waals surface area contributed by atoms with Crippen LogP contribution in [0.4, 0.5) is 0 Å². The number of allylic oxidation sites excluding steroid dienone is 5. The Balaban J connectivity index is 3.10. The summed E-state index contributed by atoms with van der Waals surface area (Å²) in [6, 6.07) is 0. The predicted molar refractivity (Wildman–Crippen MR) is 79.1 cm³/mol. The van der Waals surface area contributed by atoms with Crippen LogP contribution < -0.4 is 0 Å². The lowest BCUT2D eigenvalue weighted by molar-refractivity contribution is 0.211. The third-order valence-electron chi connectivity index (χ3n) is 3.55. The summed E-state index contributed by atoms with van der Waals surface area (Å²) >= 11 is 0. The van der Waals surface area contributed by atoms with Crippen molar-refractivity contribution in [2.45, 2.75) is 53.4 Å². The maximum absolute atomic E-state index is 5.87. The van der Waals surface area contributed by atoms with Crippen LogP contribution in [0.25, 0.3) is 0 Å². The van der Waals surface area contributed by atoms with Gasteiger partial charge in [-0.2, -0.15) is 0 Å². The zero-order valence-electron chi connectivity index (χ0n) is 12.3. The fourth-order valence-electron chi connectivity index (χ4n) is 2.81. The Morgan fingerprint density at radius 3 is 2.06 bits per heavy atom. The lowest BCUT2D eigenvalue weighted by atomic mass is 9.76. The zero-order valence-corrected chi connectivity index (χ0v) is 12.3. The Bertz CT molecular complexity index is 386. The van der Waals surface area contributed by atoms with Crippen molar-refractivity contribution >= 4 is 0 Å². The molecule has 0 aliphatic heterocycles. The van der Waals surface area contributed by atoms with Crippen LogP contribution >= 0.6 is 0 Å². The number of rotatable bonds is 5. The van der Waals surface area contributed by atoms with Gasteiger partial charge in [0, 0.05) is 0 Å². The van der Waals surface area contributed by atoms with Gasteiger partial charge in [-0.1, -0.05) is 37.6 Å². The highest BCUT2D eigenvalue weighted by molar-refractivity contribution is 5.35. The highest BCUT2D eigenvalue weighted by Gasteiger charge is 2.40. The molecule has 1 aliphatic rings. The van der Waals surface area contributed by atoms with E-state index in [4.69, 9.17) is 4.74 Å². The molecule has 0 bridgehead atoms. The van der Waals surface area contributed by atoms with Crippen molar-refractivity contribution in [1.29, 1.82) is 0 Å². The van der Waals surface area contributed by atoms with E-state index in [-0.39, 0.29) is 5.41 Å². The first-order valence-electron chi connectivity index (χ1n) is 6.77. The van der Waals surface area contributed by atoms with Crippen LogP contribution in [0.15, 0.2) is 48.0 Å². The molecule has 0 unspecified atom stereocenters. The van der Waals surface area contributed by atoms with Crippen LogP contribution in [-0.4, -0.2) is 0 Å². The molecule has 1 heteroatoms. The van der Waals surface area contributed by atoms with E-state index in [2.05, 4.69) is 39.2 Å². The highest BCUT2D eigenvalue weighted by Crippen LogP contribution is 2.50. The van der Waals surface area contributed by atoms with E-state index in [1.54, 1.807) is 0 Å².